The molecule has 3 aromatic heterocycles. The Hall–Kier alpha value is -2.60. The minimum Gasteiger partial charge on any atom is -0.467 e. The van der Waals surface area contributed by atoms with Crippen molar-refractivity contribution in [2.75, 3.05) is 0 Å². The fourth-order valence-corrected chi connectivity index (χ4v) is 4.56. The van der Waals surface area contributed by atoms with Crippen molar-refractivity contribution in [3.05, 3.63) is 69.5 Å². The summed E-state index contributed by atoms with van der Waals surface area (Å²) in [6.45, 7) is 0.237. The lowest BCUT2D eigenvalue weighted by atomic mass is 10.2. The molecule has 0 aliphatic heterocycles. The normalized spacial score (nSPS) is 10.9. The topological polar surface area (TPSA) is 84.7 Å². The smallest absolute Gasteiger partial charge is 0.262 e. The summed E-state index contributed by atoms with van der Waals surface area (Å²) in [7, 11) is 0. The van der Waals surface area contributed by atoms with Crippen LogP contribution in [-0.2, 0) is 6.54 Å². The lowest BCUT2D eigenvalue weighted by molar-refractivity contribution is 0.476. The molecule has 6 nitrogen and oxygen atoms in total. The molecule has 26 heavy (non-hydrogen) atoms. The number of rotatable bonds is 4. The van der Waals surface area contributed by atoms with Crippen LogP contribution < -0.4 is 5.56 Å². The number of nitrogens with zero attached hydrogens (tertiary/aromatic N) is 4. The highest BCUT2D eigenvalue weighted by molar-refractivity contribution is 8.01. The molecule has 0 bridgehead atoms. The van der Waals surface area contributed by atoms with Crippen LogP contribution in [0.2, 0.25) is 5.15 Å². The molecule has 0 aliphatic carbocycles. The van der Waals surface area contributed by atoms with Crippen molar-refractivity contribution >= 4 is 45.8 Å². The third-order valence-electron chi connectivity index (χ3n) is 3.64. The highest BCUT2D eigenvalue weighted by atomic mass is 35.5. The number of benzene rings is 1. The van der Waals surface area contributed by atoms with Crippen LogP contribution in [0.3, 0.4) is 0 Å². The Kier molecular flexibility index (Phi) is 4.51. The van der Waals surface area contributed by atoms with Crippen molar-refractivity contribution in [2.45, 2.75) is 15.9 Å². The van der Waals surface area contributed by atoms with Crippen LogP contribution in [0.5, 0.6) is 0 Å². The summed E-state index contributed by atoms with van der Waals surface area (Å²) in [5, 5.41) is 10.4. The van der Waals surface area contributed by atoms with Gasteiger partial charge in [-0.15, -0.1) is 0 Å². The van der Waals surface area contributed by atoms with Gasteiger partial charge in [-0.1, -0.05) is 23.7 Å². The summed E-state index contributed by atoms with van der Waals surface area (Å²) in [5.41, 5.74) is 0.696. The standard InChI is InChI=1S/C17H9ClN4O2S2/c18-14-12(8-19)16(26-21-14)25-17-20-13-6-2-1-5-11(13)15(23)22(17)9-10-4-3-7-24-10/h1-7H,9H2. The molecule has 0 aliphatic rings. The minimum absolute atomic E-state index is 0.153. The maximum Gasteiger partial charge on any atom is 0.262 e. The molecule has 0 N–H and O–H groups in total. The first-order valence-corrected chi connectivity index (χ1v) is 9.39. The van der Waals surface area contributed by atoms with Crippen LogP contribution >= 0.6 is 34.9 Å². The Balaban J connectivity index is 1.89. The fraction of sp³-hybridized carbons (Fsp3) is 0.0588. The third-order valence-corrected chi connectivity index (χ3v) is 6.01. The second kappa shape index (κ2) is 6.96. The fourth-order valence-electron chi connectivity index (χ4n) is 2.42. The zero-order valence-corrected chi connectivity index (χ0v) is 15.4. The first-order chi connectivity index (χ1) is 12.7. The van der Waals surface area contributed by atoms with Gasteiger partial charge in [0, 0.05) is 0 Å². The number of para-hydroxylation sites is 1. The van der Waals surface area contributed by atoms with E-state index in [4.69, 9.17) is 16.0 Å². The molecule has 0 radical (unpaired) electrons. The van der Waals surface area contributed by atoms with Crippen LogP contribution in [0.25, 0.3) is 10.9 Å². The lowest BCUT2D eigenvalue weighted by Crippen LogP contribution is -2.23. The van der Waals surface area contributed by atoms with Gasteiger partial charge in [-0.05, 0) is 47.6 Å². The first-order valence-electron chi connectivity index (χ1n) is 7.42. The van der Waals surface area contributed by atoms with Gasteiger partial charge in [0.05, 0.1) is 23.7 Å². The summed E-state index contributed by atoms with van der Waals surface area (Å²) in [6.07, 6.45) is 1.55. The SMILES string of the molecule is N#Cc1c(Cl)nsc1Sc1nc2ccccc2c(=O)n1Cc1ccco1. The number of halogens is 1. The van der Waals surface area contributed by atoms with Gasteiger partial charge >= 0.3 is 0 Å². The second-order valence-corrected chi connectivity index (χ2v) is 7.60. The van der Waals surface area contributed by atoms with Crippen LogP contribution in [0.1, 0.15) is 11.3 Å². The van der Waals surface area contributed by atoms with E-state index in [1.165, 1.54) is 16.3 Å². The Morgan fingerprint density at radius 2 is 2.15 bits per heavy atom. The largest absolute Gasteiger partial charge is 0.467 e. The minimum atomic E-state index is -0.177. The van der Waals surface area contributed by atoms with Crippen molar-refractivity contribution in [3.8, 4) is 6.07 Å². The predicted molar refractivity (Wildman–Crippen MR) is 99.8 cm³/mol. The molecular weight excluding hydrogens is 392 g/mol. The molecule has 0 unspecified atom stereocenters. The molecule has 128 valence electrons. The number of nitriles is 1. The van der Waals surface area contributed by atoms with E-state index >= 15 is 0 Å². The van der Waals surface area contributed by atoms with Crippen LogP contribution in [0.15, 0.2) is 61.2 Å². The van der Waals surface area contributed by atoms with Gasteiger partial charge in [0.2, 0.25) is 0 Å². The monoisotopic (exact) mass is 400 g/mol. The summed E-state index contributed by atoms with van der Waals surface area (Å²) in [6, 6.07) is 12.7. The summed E-state index contributed by atoms with van der Waals surface area (Å²) >= 11 is 8.25. The molecule has 0 saturated heterocycles. The van der Waals surface area contributed by atoms with Crippen LogP contribution in [-0.4, -0.2) is 13.9 Å². The van der Waals surface area contributed by atoms with Crippen molar-refractivity contribution in [1.82, 2.24) is 13.9 Å². The average Bonchev–Trinajstić information content (AvgIpc) is 3.28. The second-order valence-electron chi connectivity index (χ2n) is 5.23. The highest BCUT2D eigenvalue weighted by Gasteiger charge is 2.18. The van der Waals surface area contributed by atoms with Gasteiger partial charge in [0.1, 0.15) is 21.6 Å². The summed E-state index contributed by atoms with van der Waals surface area (Å²) < 4.78 is 11.5. The Labute approximate surface area is 160 Å². The zero-order chi connectivity index (χ0) is 18.1. The van der Waals surface area contributed by atoms with E-state index in [0.717, 1.165) is 11.5 Å². The number of hydrogen-bond donors (Lipinski definition) is 0. The molecule has 0 saturated carbocycles. The molecule has 4 rings (SSSR count). The quantitative estimate of drug-likeness (QED) is 0.478. The van der Waals surface area contributed by atoms with Gasteiger partial charge in [0.15, 0.2) is 10.3 Å². The molecular formula is C17H9ClN4O2S2. The van der Waals surface area contributed by atoms with Crippen LogP contribution in [0.4, 0.5) is 0 Å². The van der Waals surface area contributed by atoms with Gasteiger partial charge in [-0.2, -0.15) is 9.64 Å². The molecule has 0 fully saturated rings. The maximum absolute atomic E-state index is 13.0. The number of aromatic nitrogens is 3. The van der Waals surface area contributed by atoms with E-state index in [0.29, 0.717) is 26.0 Å². The van der Waals surface area contributed by atoms with Crippen molar-refractivity contribution in [2.24, 2.45) is 0 Å². The van der Waals surface area contributed by atoms with Gasteiger partial charge in [0.25, 0.3) is 5.56 Å². The van der Waals surface area contributed by atoms with Crippen molar-refractivity contribution in [1.29, 1.82) is 5.26 Å². The molecule has 0 atom stereocenters. The van der Waals surface area contributed by atoms with E-state index in [1.54, 1.807) is 36.6 Å². The first kappa shape index (κ1) is 16.8. The number of fused-ring (bicyclic) bond motifs is 1. The Bertz CT molecular complexity index is 1190. The zero-order valence-electron chi connectivity index (χ0n) is 13.0. The molecule has 9 heteroatoms. The van der Waals surface area contributed by atoms with E-state index in [2.05, 4.69) is 9.36 Å². The van der Waals surface area contributed by atoms with Crippen molar-refractivity contribution < 1.29 is 4.42 Å². The number of furan rings is 1. The Morgan fingerprint density at radius 1 is 1.31 bits per heavy atom. The summed E-state index contributed by atoms with van der Waals surface area (Å²) in [5.74, 6) is 0.633. The Morgan fingerprint density at radius 3 is 2.92 bits per heavy atom. The van der Waals surface area contributed by atoms with E-state index < -0.39 is 0 Å². The molecule has 0 spiro atoms. The van der Waals surface area contributed by atoms with Crippen molar-refractivity contribution in [3.63, 3.8) is 0 Å². The maximum atomic E-state index is 13.0. The van der Waals surface area contributed by atoms with Gasteiger partial charge < -0.3 is 4.42 Å². The van der Waals surface area contributed by atoms with Gasteiger partial charge in [-0.25, -0.2) is 4.98 Å². The van der Waals surface area contributed by atoms with E-state index in [1.807, 2.05) is 12.1 Å². The molecule has 4 aromatic rings. The average molecular weight is 401 g/mol. The highest BCUT2D eigenvalue weighted by Crippen LogP contribution is 2.36. The van der Waals surface area contributed by atoms with Gasteiger partial charge in [-0.3, -0.25) is 9.36 Å². The van der Waals surface area contributed by atoms with E-state index in [-0.39, 0.29) is 22.8 Å². The number of hydrogen-bond acceptors (Lipinski definition) is 7. The van der Waals surface area contributed by atoms with Crippen LogP contribution in [0, 0.1) is 11.3 Å². The summed E-state index contributed by atoms with van der Waals surface area (Å²) in [4.78, 5) is 17.6. The molecule has 3 heterocycles. The molecule has 0 amide bonds. The molecule has 1 aromatic carbocycles. The predicted octanol–water partition coefficient (Wildman–Crippen LogP) is 4.17. The van der Waals surface area contributed by atoms with E-state index in [9.17, 15) is 10.1 Å². The lowest BCUT2D eigenvalue weighted by Gasteiger charge is -2.11. The third kappa shape index (κ3) is 3.01.